The molecule has 0 unspecified atom stereocenters. The van der Waals surface area contributed by atoms with Crippen LogP contribution in [0, 0.1) is 0 Å². The van der Waals surface area contributed by atoms with Crippen LogP contribution in [0.15, 0.2) is 212 Å². The van der Waals surface area contributed by atoms with Crippen molar-refractivity contribution in [1.29, 1.82) is 0 Å². The molecule has 0 saturated carbocycles. The average molecular weight is 710 g/mol. The van der Waals surface area contributed by atoms with Crippen LogP contribution in [0.1, 0.15) is 22.3 Å². The molecule has 1 aromatic heterocycles. The van der Waals surface area contributed by atoms with E-state index in [0.29, 0.717) is 0 Å². The number of fused-ring (bicyclic) bond motifs is 12. The van der Waals surface area contributed by atoms with Gasteiger partial charge in [-0.1, -0.05) is 170 Å². The quantitative estimate of drug-likeness (QED) is 0.160. The van der Waals surface area contributed by atoms with Crippen LogP contribution in [-0.2, 0) is 5.41 Å². The van der Waals surface area contributed by atoms with Gasteiger partial charge < -0.3 is 4.57 Å². The summed E-state index contributed by atoms with van der Waals surface area (Å²) in [5.41, 5.74) is 13.3. The number of aromatic nitrogens is 1. The molecule has 0 spiro atoms. The molecule has 1 aliphatic rings. The predicted octanol–water partition coefficient (Wildman–Crippen LogP) is 14.3. The third-order valence-electron chi connectivity index (χ3n) is 12.4. The lowest BCUT2D eigenvalue weighted by atomic mass is 9.67. The first-order valence-electron chi connectivity index (χ1n) is 19.5. The van der Waals surface area contributed by atoms with Gasteiger partial charge in [0, 0.05) is 16.5 Å². The minimum absolute atomic E-state index is 0.468. The molecule has 56 heavy (non-hydrogen) atoms. The second-order valence-electron chi connectivity index (χ2n) is 15.2. The Morgan fingerprint density at radius 3 is 1.41 bits per heavy atom. The highest BCUT2D eigenvalue weighted by molar-refractivity contribution is 6.26. The first-order valence-corrected chi connectivity index (χ1v) is 19.5. The van der Waals surface area contributed by atoms with Crippen molar-refractivity contribution in [2.45, 2.75) is 5.41 Å². The van der Waals surface area contributed by atoms with Crippen LogP contribution < -0.4 is 0 Å². The van der Waals surface area contributed by atoms with Crippen molar-refractivity contribution in [2.75, 3.05) is 0 Å². The van der Waals surface area contributed by atoms with E-state index in [4.69, 9.17) is 0 Å². The fraction of sp³-hybridized carbons (Fsp3) is 0.0182. The number of rotatable bonds is 4. The second kappa shape index (κ2) is 11.9. The predicted molar refractivity (Wildman–Crippen MR) is 236 cm³/mol. The van der Waals surface area contributed by atoms with E-state index < -0.39 is 5.41 Å². The maximum Gasteiger partial charge on any atom is 0.0714 e. The van der Waals surface area contributed by atoms with Crippen LogP contribution in [0.5, 0.6) is 0 Å². The summed E-state index contributed by atoms with van der Waals surface area (Å²) < 4.78 is 2.47. The minimum atomic E-state index is -0.468. The van der Waals surface area contributed by atoms with Crippen molar-refractivity contribution in [1.82, 2.24) is 4.57 Å². The Labute approximate surface area is 325 Å². The Morgan fingerprint density at radius 2 is 0.768 bits per heavy atom. The summed E-state index contributed by atoms with van der Waals surface area (Å²) in [5.74, 6) is 0. The van der Waals surface area contributed by atoms with E-state index in [1.54, 1.807) is 0 Å². The van der Waals surface area contributed by atoms with E-state index in [1.165, 1.54) is 98.6 Å². The van der Waals surface area contributed by atoms with Crippen LogP contribution in [-0.4, -0.2) is 4.57 Å². The smallest absolute Gasteiger partial charge is 0.0714 e. The Morgan fingerprint density at radius 1 is 0.286 bits per heavy atom. The molecule has 1 nitrogen and oxygen atoms in total. The molecule has 0 atom stereocenters. The molecular formula is C55H35N. The fourth-order valence-electron chi connectivity index (χ4n) is 10.1. The van der Waals surface area contributed by atoms with Gasteiger partial charge in [0.2, 0.25) is 0 Å². The Bertz CT molecular complexity index is 3260. The highest BCUT2D eigenvalue weighted by Gasteiger charge is 2.46. The van der Waals surface area contributed by atoms with Gasteiger partial charge in [0.15, 0.2) is 0 Å². The molecule has 0 fully saturated rings. The molecule has 0 N–H and O–H groups in total. The van der Waals surface area contributed by atoms with Gasteiger partial charge in [0.1, 0.15) is 0 Å². The molecule has 0 amide bonds. The summed E-state index contributed by atoms with van der Waals surface area (Å²) in [6.07, 6.45) is 0. The van der Waals surface area contributed by atoms with Crippen LogP contribution in [0.2, 0.25) is 0 Å². The molecular weight excluding hydrogens is 675 g/mol. The third kappa shape index (κ3) is 4.26. The molecule has 260 valence electrons. The lowest BCUT2D eigenvalue weighted by Gasteiger charge is -2.34. The molecule has 11 aromatic rings. The van der Waals surface area contributed by atoms with Crippen molar-refractivity contribution in [2.24, 2.45) is 0 Å². The van der Waals surface area contributed by atoms with E-state index in [0.717, 1.165) is 5.69 Å². The van der Waals surface area contributed by atoms with Gasteiger partial charge >= 0.3 is 0 Å². The number of hydrogen-bond acceptors (Lipinski definition) is 0. The molecule has 0 radical (unpaired) electrons. The number of para-hydroxylation sites is 1. The first-order chi connectivity index (χ1) is 27.8. The number of nitrogens with zero attached hydrogens (tertiary/aromatic N) is 1. The normalized spacial score (nSPS) is 13.1. The SMILES string of the molecule is c1ccc(-n2c3ccc(-c4ccc5c6ccccc6c6ccccc6c5c4)cc3c3cc4c(cc32)C(c2ccccc2)(c2ccccc2)c2ccccc2-4)cc1. The molecule has 1 heteroatoms. The summed E-state index contributed by atoms with van der Waals surface area (Å²) in [5, 5.41) is 10.3. The van der Waals surface area contributed by atoms with Crippen LogP contribution >= 0.6 is 0 Å². The summed E-state index contributed by atoms with van der Waals surface area (Å²) in [6, 6.07) is 78.8. The first kappa shape index (κ1) is 31.2. The molecule has 1 heterocycles. The van der Waals surface area contributed by atoms with Gasteiger partial charge in [-0.15, -0.1) is 0 Å². The van der Waals surface area contributed by atoms with Gasteiger partial charge in [0.05, 0.1) is 16.4 Å². The van der Waals surface area contributed by atoms with E-state index >= 15 is 0 Å². The Hall–Kier alpha value is -7.22. The summed E-state index contributed by atoms with van der Waals surface area (Å²) in [4.78, 5) is 0. The monoisotopic (exact) mass is 709 g/mol. The molecule has 0 aliphatic heterocycles. The highest BCUT2D eigenvalue weighted by atomic mass is 15.0. The second-order valence-corrected chi connectivity index (χ2v) is 15.2. The fourth-order valence-corrected chi connectivity index (χ4v) is 10.1. The third-order valence-corrected chi connectivity index (χ3v) is 12.4. The van der Waals surface area contributed by atoms with Crippen LogP contribution in [0.4, 0.5) is 0 Å². The average Bonchev–Trinajstić information content (AvgIpc) is 3.76. The molecule has 0 saturated heterocycles. The van der Waals surface area contributed by atoms with Gasteiger partial charge in [-0.05, 0) is 119 Å². The summed E-state index contributed by atoms with van der Waals surface area (Å²) >= 11 is 0. The largest absolute Gasteiger partial charge is 0.309 e. The van der Waals surface area contributed by atoms with E-state index in [2.05, 4.69) is 217 Å². The molecule has 0 bridgehead atoms. The van der Waals surface area contributed by atoms with Crippen molar-refractivity contribution in [3.8, 4) is 27.9 Å². The van der Waals surface area contributed by atoms with Crippen molar-refractivity contribution in [3.05, 3.63) is 235 Å². The molecule has 10 aromatic carbocycles. The standard InChI is InChI=1S/C55H35N/c1-4-16-38(17-5-1)55(39-18-6-2-7-19-39)51-27-15-14-26-46(51)48-34-50-49-33-37(29-31-53(49)56(54(50)35-52(48)55)40-20-8-3-9-21-40)36-28-30-45-43-24-11-10-22-41(43)42-23-12-13-25-44(42)47(45)32-36/h1-35H. The Balaban J connectivity index is 1.16. The van der Waals surface area contributed by atoms with Crippen LogP contribution in [0.3, 0.4) is 0 Å². The summed E-state index contributed by atoms with van der Waals surface area (Å²) in [7, 11) is 0. The van der Waals surface area contributed by atoms with E-state index in [-0.39, 0.29) is 0 Å². The van der Waals surface area contributed by atoms with Crippen molar-refractivity contribution < 1.29 is 0 Å². The topological polar surface area (TPSA) is 4.93 Å². The maximum atomic E-state index is 2.50. The minimum Gasteiger partial charge on any atom is -0.309 e. The lowest BCUT2D eigenvalue weighted by Crippen LogP contribution is -2.28. The maximum absolute atomic E-state index is 2.50. The lowest BCUT2D eigenvalue weighted by molar-refractivity contribution is 0.769. The van der Waals surface area contributed by atoms with Gasteiger partial charge in [-0.3, -0.25) is 0 Å². The van der Waals surface area contributed by atoms with Gasteiger partial charge in [-0.25, -0.2) is 0 Å². The zero-order chi connectivity index (χ0) is 36.8. The van der Waals surface area contributed by atoms with E-state index in [9.17, 15) is 0 Å². The highest BCUT2D eigenvalue weighted by Crippen LogP contribution is 2.57. The zero-order valence-electron chi connectivity index (χ0n) is 30.7. The molecule has 1 aliphatic carbocycles. The van der Waals surface area contributed by atoms with E-state index in [1.807, 2.05) is 0 Å². The van der Waals surface area contributed by atoms with Crippen molar-refractivity contribution in [3.63, 3.8) is 0 Å². The van der Waals surface area contributed by atoms with Gasteiger partial charge in [0.25, 0.3) is 0 Å². The molecule has 12 rings (SSSR count). The summed E-state index contributed by atoms with van der Waals surface area (Å²) in [6.45, 7) is 0. The number of hydrogen-bond donors (Lipinski definition) is 0. The zero-order valence-corrected chi connectivity index (χ0v) is 30.7. The number of benzene rings is 10. The van der Waals surface area contributed by atoms with Crippen LogP contribution in [0.25, 0.3) is 82.1 Å². The van der Waals surface area contributed by atoms with Crippen molar-refractivity contribution >= 4 is 54.1 Å². The Kier molecular flexibility index (Phi) is 6.62. The van der Waals surface area contributed by atoms with Gasteiger partial charge in [-0.2, -0.15) is 0 Å².